The molecule has 0 saturated heterocycles. The van der Waals surface area contributed by atoms with Crippen molar-refractivity contribution in [3.63, 3.8) is 0 Å². The number of aryl methyl sites for hydroxylation is 1. The lowest BCUT2D eigenvalue weighted by Crippen LogP contribution is -1.87. The molecule has 3 rings (SSSR count). The van der Waals surface area contributed by atoms with Crippen LogP contribution in [0, 0.1) is 0 Å². The van der Waals surface area contributed by atoms with E-state index in [1.54, 1.807) is 5.56 Å². The minimum absolute atomic E-state index is 1.17. The number of hydrogen-bond donors (Lipinski definition) is 0. The number of thiophene rings is 1. The van der Waals surface area contributed by atoms with Gasteiger partial charge in [-0.25, -0.2) is 0 Å². The number of benzene rings is 2. The van der Waals surface area contributed by atoms with Crippen molar-refractivity contribution in [3.05, 3.63) is 46.4 Å². The fourth-order valence-corrected chi connectivity index (χ4v) is 6.47. The molecule has 0 bridgehead atoms. The molecular formula is C30H43BrS. The van der Waals surface area contributed by atoms with Crippen molar-refractivity contribution in [2.45, 2.75) is 116 Å². The summed E-state index contributed by atoms with van der Waals surface area (Å²) in [6.07, 6.45) is 24.2. The van der Waals surface area contributed by atoms with Gasteiger partial charge >= 0.3 is 0 Å². The molecule has 0 nitrogen and oxygen atoms in total. The molecule has 0 unspecified atom stereocenters. The van der Waals surface area contributed by atoms with E-state index in [9.17, 15) is 0 Å². The molecule has 3 aromatic rings. The van der Waals surface area contributed by atoms with Crippen LogP contribution in [-0.2, 0) is 6.42 Å². The number of unbranched alkanes of at least 4 members (excludes halogenated alkanes) is 15. The van der Waals surface area contributed by atoms with Crippen LogP contribution in [0.3, 0.4) is 0 Å². The smallest absolute Gasteiger partial charge is 0.0387 e. The van der Waals surface area contributed by atoms with E-state index in [2.05, 4.69) is 59.3 Å². The minimum Gasteiger partial charge on any atom is -0.135 e. The monoisotopic (exact) mass is 514 g/mol. The maximum atomic E-state index is 3.63. The van der Waals surface area contributed by atoms with Gasteiger partial charge in [0.1, 0.15) is 0 Å². The Morgan fingerprint density at radius 1 is 0.625 bits per heavy atom. The Kier molecular flexibility index (Phi) is 12.2. The third-order valence-corrected chi connectivity index (χ3v) is 8.60. The van der Waals surface area contributed by atoms with Gasteiger partial charge in [0, 0.05) is 24.6 Å². The summed E-state index contributed by atoms with van der Waals surface area (Å²) >= 11 is 5.60. The van der Waals surface area contributed by atoms with Gasteiger partial charge in [-0.1, -0.05) is 137 Å². The van der Waals surface area contributed by atoms with Gasteiger partial charge in [0.2, 0.25) is 0 Å². The van der Waals surface area contributed by atoms with Crippen molar-refractivity contribution < 1.29 is 0 Å². The number of fused-ring (bicyclic) bond motifs is 3. The van der Waals surface area contributed by atoms with Gasteiger partial charge in [-0.05, 0) is 36.6 Å². The zero-order valence-electron chi connectivity index (χ0n) is 20.3. The molecule has 2 aromatic carbocycles. The van der Waals surface area contributed by atoms with E-state index in [4.69, 9.17) is 0 Å². The SMILES string of the molecule is CCCCCCCCCCCCCCCCCCc1cccc2c1sc1ccc(Br)cc12. The Balaban J connectivity index is 1.22. The van der Waals surface area contributed by atoms with E-state index < -0.39 is 0 Å². The van der Waals surface area contributed by atoms with Gasteiger partial charge in [-0.3, -0.25) is 0 Å². The molecule has 0 aliphatic heterocycles. The lowest BCUT2D eigenvalue weighted by molar-refractivity contribution is 0.529. The Morgan fingerprint density at radius 2 is 1.19 bits per heavy atom. The summed E-state index contributed by atoms with van der Waals surface area (Å²) in [6, 6.07) is 13.6. The van der Waals surface area contributed by atoms with Crippen LogP contribution in [-0.4, -0.2) is 0 Å². The molecule has 32 heavy (non-hydrogen) atoms. The first kappa shape index (κ1) is 25.8. The average molecular weight is 516 g/mol. The van der Waals surface area contributed by atoms with Crippen LogP contribution in [0.15, 0.2) is 40.9 Å². The summed E-state index contributed by atoms with van der Waals surface area (Å²) < 4.78 is 4.08. The van der Waals surface area contributed by atoms with E-state index in [1.807, 2.05) is 11.3 Å². The molecule has 0 aliphatic carbocycles. The number of hydrogen-bond acceptors (Lipinski definition) is 1. The van der Waals surface area contributed by atoms with Crippen LogP contribution in [0.2, 0.25) is 0 Å². The summed E-state index contributed by atoms with van der Waals surface area (Å²) in [5.74, 6) is 0. The molecule has 0 fully saturated rings. The third kappa shape index (κ3) is 8.49. The maximum absolute atomic E-state index is 3.63. The number of rotatable bonds is 17. The van der Waals surface area contributed by atoms with Gasteiger partial charge in [-0.2, -0.15) is 0 Å². The van der Waals surface area contributed by atoms with Gasteiger partial charge < -0.3 is 0 Å². The van der Waals surface area contributed by atoms with Gasteiger partial charge in [0.15, 0.2) is 0 Å². The van der Waals surface area contributed by atoms with Crippen LogP contribution in [0.5, 0.6) is 0 Å². The predicted molar refractivity (Wildman–Crippen MR) is 150 cm³/mol. The quantitative estimate of drug-likeness (QED) is 0.157. The standard InChI is InChI=1S/C30H43BrS/c1-2-3-4-5-6-7-8-9-10-11-12-13-14-15-16-17-19-25-20-18-21-27-28-24-26(31)22-23-29(28)32-30(25)27/h18,20-24H,2-17,19H2,1H3. The summed E-state index contributed by atoms with van der Waals surface area (Å²) in [6.45, 7) is 2.30. The molecule has 0 radical (unpaired) electrons. The molecule has 176 valence electrons. The van der Waals surface area contributed by atoms with E-state index >= 15 is 0 Å². The van der Waals surface area contributed by atoms with Crippen LogP contribution in [0.25, 0.3) is 20.2 Å². The average Bonchev–Trinajstić information content (AvgIpc) is 3.17. The van der Waals surface area contributed by atoms with Crippen molar-refractivity contribution in [1.82, 2.24) is 0 Å². The van der Waals surface area contributed by atoms with Crippen LogP contribution < -0.4 is 0 Å². The first-order valence-corrected chi connectivity index (χ1v) is 15.0. The summed E-state index contributed by atoms with van der Waals surface area (Å²) in [5, 5.41) is 2.83. The lowest BCUT2D eigenvalue weighted by Gasteiger charge is -2.05. The molecular weight excluding hydrogens is 472 g/mol. The van der Waals surface area contributed by atoms with Crippen molar-refractivity contribution >= 4 is 47.4 Å². The highest BCUT2D eigenvalue weighted by atomic mass is 79.9. The molecule has 0 aliphatic rings. The van der Waals surface area contributed by atoms with Crippen molar-refractivity contribution in [2.24, 2.45) is 0 Å². The second-order valence-electron chi connectivity index (χ2n) is 9.59. The Hall–Kier alpha value is -0.860. The molecule has 0 saturated carbocycles. The Morgan fingerprint density at radius 3 is 1.78 bits per heavy atom. The molecule has 0 amide bonds. The highest BCUT2D eigenvalue weighted by Gasteiger charge is 2.09. The van der Waals surface area contributed by atoms with E-state index in [0.717, 1.165) is 0 Å². The summed E-state index contributed by atoms with van der Waals surface area (Å²) in [7, 11) is 0. The highest BCUT2D eigenvalue weighted by Crippen LogP contribution is 2.37. The molecule has 0 N–H and O–H groups in total. The molecule has 1 heterocycles. The van der Waals surface area contributed by atoms with E-state index in [-0.39, 0.29) is 0 Å². The molecule has 0 spiro atoms. The topological polar surface area (TPSA) is 0 Å². The normalized spacial score (nSPS) is 11.7. The maximum Gasteiger partial charge on any atom is 0.0387 e. The third-order valence-electron chi connectivity index (χ3n) is 6.84. The van der Waals surface area contributed by atoms with Gasteiger partial charge in [0.05, 0.1) is 0 Å². The minimum atomic E-state index is 1.17. The highest BCUT2D eigenvalue weighted by molar-refractivity contribution is 9.10. The van der Waals surface area contributed by atoms with E-state index in [0.29, 0.717) is 0 Å². The van der Waals surface area contributed by atoms with Gasteiger partial charge in [-0.15, -0.1) is 11.3 Å². The Bertz CT molecular complexity index is 910. The van der Waals surface area contributed by atoms with Crippen LogP contribution in [0.1, 0.15) is 115 Å². The first-order valence-electron chi connectivity index (χ1n) is 13.4. The van der Waals surface area contributed by atoms with Crippen molar-refractivity contribution in [2.75, 3.05) is 0 Å². The summed E-state index contributed by atoms with van der Waals surface area (Å²) in [5.41, 5.74) is 1.55. The van der Waals surface area contributed by atoms with Gasteiger partial charge in [0.25, 0.3) is 0 Å². The molecule has 2 heteroatoms. The van der Waals surface area contributed by atoms with Crippen LogP contribution in [0.4, 0.5) is 0 Å². The zero-order valence-corrected chi connectivity index (χ0v) is 22.7. The summed E-state index contributed by atoms with van der Waals surface area (Å²) in [4.78, 5) is 0. The second-order valence-corrected chi connectivity index (χ2v) is 11.6. The van der Waals surface area contributed by atoms with E-state index in [1.165, 1.54) is 134 Å². The second kappa shape index (κ2) is 15.1. The molecule has 0 atom stereocenters. The Labute approximate surface area is 209 Å². The molecule has 1 aromatic heterocycles. The fourth-order valence-electron chi connectivity index (χ4n) is 4.89. The first-order chi connectivity index (χ1) is 15.8. The lowest BCUT2D eigenvalue weighted by atomic mass is 10.0. The largest absolute Gasteiger partial charge is 0.135 e. The number of halogens is 1. The van der Waals surface area contributed by atoms with Crippen molar-refractivity contribution in [1.29, 1.82) is 0 Å². The zero-order chi connectivity index (χ0) is 22.4. The van der Waals surface area contributed by atoms with Crippen LogP contribution >= 0.6 is 27.3 Å². The van der Waals surface area contributed by atoms with Crippen molar-refractivity contribution in [3.8, 4) is 0 Å². The predicted octanol–water partition coefficient (Wildman–Crippen LogP) is 11.6. The fraction of sp³-hybridized carbons (Fsp3) is 0.600.